The summed E-state index contributed by atoms with van der Waals surface area (Å²) in [5.74, 6) is 0. The zero-order chi connectivity index (χ0) is 15.5. The minimum absolute atomic E-state index is 0.125. The van der Waals surface area contributed by atoms with Crippen LogP contribution in [0.2, 0.25) is 4.34 Å². The molecule has 2 rings (SSSR count). The number of likely N-dealkylation sites (tertiary alicyclic amines) is 1. The first-order chi connectivity index (χ1) is 9.97. The van der Waals surface area contributed by atoms with Crippen molar-refractivity contribution in [2.24, 2.45) is 5.73 Å². The van der Waals surface area contributed by atoms with Gasteiger partial charge in [-0.1, -0.05) is 11.6 Å². The molecule has 1 atom stereocenters. The lowest BCUT2D eigenvalue weighted by atomic mass is 9.88. The number of hydrogen-bond donors (Lipinski definition) is 1. The third-order valence-electron chi connectivity index (χ3n) is 4.89. The summed E-state index contributed by atoms with van der Waals surface area (Å²) in [6.07, 6.45) is 3.56. The highest BCUT2D eigenvalue weighted by Crippen LogP contribution is 2.31. The molecule has 1 saturated heterocycles. The Morgan fingerprint density at radius 3 is 2.71 bits per heavy atom. The molecule has 0 aromatic carbocycles. The van der Waals surface area contributed by atoms with E-state index in [2.05, 4.69) is 36.8 Å². The summed E-state index contributed by atoms with van der Waals surface area (Å²) in [5.41, 5.74) is 6.33. The van der Waals surface area contributed by atoms with Crippen molar-refractivity contribution in [1.29, 1.82) is 0 Å². The van der Waals surface area contributed by atoms with E-state index in [0.29, 0.717) is 6.04 Å². The second-order valence-electron chi connectivity index (χ2n) is 6.47. The Bertz CT molecular complexity index is 448. The van der Waals surface area contributed by atoms with Crippen LogP contribution >= 0.6 is 22.9 Å². The van der Waals surface area contributed by atoms with Crippen LogP contribution in [-0.2, 0) is 6.54 Å². The molecule has 2 N–H and O–H groups in total. The molecule has 1 unspecified atom stereocenters. The molecule has 120 valence electrons. The average molecular weight is 330 g/mol. The second-order valence-corrected chi connectivity index (χ2v) is 8.27. The lowest BCUT2D eigenvalue weighted by Gasteiger charge is -2.41. The van der Waals surface area contributed by atoms with Crippen molar-refractivity contribution in [3.8, 4) is 0 Å². The van der Waals surface area contributed by atoms with Crippen LogP contribution in [0.25, 0.3) is 0 Å². The van der Waals surface area contributed by atoms with Gasteiger partial charge in [0.2, 0.25) is 0 Å². The number of rotatable bonds is 5. The first-order valence-corrected chi connectivity index (χ1v) is 9.06. The SMILES string of the molecule is CC(C)N1CCCC(CN)(N(C)Cc2ccc(Cl)s2)CC1. The average Bonchev–Trinajstić information content (AvgIpc) is 2.74. The molecular weight excluding hydrogens is 302 g/mol. The fourth-order valence-corrected chi connectivity index (χ4v) is 4.44. The third-order valence-corrected chi connectivity index (χ3v) is 6.11. The number of halogens is 1. The molecular formula is C16H28ClN3S. The monoisotopic (exact) mass is 329 g/mol. The van der Waals surface area contributed by atoms with Crippen LogP contribution in [-0.4, -0.2) is 48.1 Å². The van der Waals surface area contributed by atoms with E-state index in [9.17, 15) is 0 Å². The zero-order valence-corrected chi connectivity index (χ0v) is 15.0. The van der Waals surface area contributed by atoms with Crippen molar-refractivity contribution in [3.63, 3.8) is 0 Å². The van der Waals surface area contributed by atoms with Crippen molar-refractivity contribution in [2.75, 3.05) is 26.7 Å². The van der Waals surface area contributed by atoms with Gasteiger partial charge in [0, 0.05) is 36.1 Å². The molecule has 0 radical (unpaired) electrons. The Hall–Kier alpha value is -0.130. The Morgan fingerprint density at radius 1 is 1.38 bits per heavy atom. The van der Waals surface area contributed by atoms with Gasteiger partial charge in [0.25, 0.3) is 0 Å². The largest absolute Gasteiger partial charge is 0.329 e. The third kappa shape index (κ3) is 4.20. The maximum Gasteiger partial charge on any atom is 0.0931 e. The molecule has 2 heterocycles. The van der Waals surface area contributed by atoms with Gasteiger partial charge in [0.15, 0.2) is 0 Å². The Morgan fingerprint density at radius 2 is 2.14 bits per heavy atom. The van der Waals surface area contributed by atoms with E-state index in [-0.39, 0.29) is 5.54 Å². The summed E-state index contributed by atoms with van der Waals surface area (Å²) < 4.78 is 0.868. The summed E-state index contributed by atoms with van der Waals surface area (Å²) in [6.45, 7) is 8.58. The highest BCUT2D eigenvalue weighted by atomic mass is 35.5. The minimum atomic E-state index is 0.125. The highest BCUT2D eigenvalue weighted by Gasteiger charge is 2.35. The van der Waals surface area contributed by atoms with Crippen LogP contribution in [0.15, 0.2) is 12.1 Å². The van der Waals surface area contributed by atoms with Gasteiger partial charge in [0.05, 0.1) is 4.34 Å². The topological polar surface area (TPSA) is 32.5 Å². The van der Waals surface area contributed by atoms with Gasteiger partial charge in [0.1, 0.15) is 0 Å². The summed E-state index contributed by atoms with van der Waals surface area (Å²) >= 11 is 7.72. The lowest BCUT2D eigenvalue weighted by molar-refractivity contribution is 0.0984. The Labute approximate surface area is 138 Å². The van der Waals surface area contributed by atoms with Crippen molar-refractivity contribution < 1.29 is 0 Å². The van der Waals surface area contributed by atoms with Crippen LogP contribution in [0.4, 0.5) is 0 Å². The predicted octanol–water partition coefficient (Wildman–Crippen LogP) is 3.43. The zero-order valence-electron chi connectivity index (χ0n) is 13.4. The first kappa shape index (κ1) is 17.2. The van der Waals surface area contributed by atoms with E-state index >= 15 is 0 Å². The van der Waals surface area contributed by atoms with E-state index in [1.54, 1.807) is 11.3 Å². The first-order valence-electron chi connectivity index (χ1n) is 7.86. The molecule has 5 heteroatoms. The maximum absolute atomic E-state index is 6.21. The van der Waals surface area contributed by atoms with Gasteiger partial charge in [-0.25, -0.2) is 0 Å². The van der Waals surface area contributed by atoms with E-state index in [0.717, 1.165) is 30.4 Å². The van der Waals surface area contributed by atoms with Gasteiger partial charge < -0.3 is 10.6 Å². The lowest BCUT2D eigenvalue weighted by Crippen LogP contribution is -2.52. The quantitative estimate of drug-likeness (QED) is 0.898. The number of hydrogen-bond acceptors (Lipinski definition) is 4. The molecule has 1 aromatic rings. The normalized spacial score (nSPS) is 24.7. The molecule has 1 aromatic heterocycles. The van der Waals surface area contributed by atoms with Gasteiger partial charge in [-0.3, -0.25) is 4.90 Å². The molecule has 1 aliphatic heterocycles. The van der Waals surface area contributed by atoms with Crippen molar-refractivity contribution in [2.45, 2.75) is 51.2 Å². The van der Waals surface area contributed by atoms with E-state index < -0.39 is 0 Å². The smallest absolute Gasteiger partial charge is 0.0931 e. The van der Waals surface area contributed by atoms with Gasteiger partial charge in [-0.15, -0.1) is 11.3 Å². The molecule has 21 heavy (non-hydrogen) atoms. The molecule has 1 fully saturated rings. The van der Waals surface area contributed by atoms with Gasteiger partial charge in [-0.2, -0.15) is 0 Å². The molecule has 0 aliphatic carbocycles. The number of thiophene rings is 1. The van der Waals surface area contributed by atoms with E-state index in [4.69, 9.17) is 17.3 Å². The van der Waals surface area contributed by atoms with Crippen LogP contribution in [0.1, 0.15) is 38.0 Å². The van der Waals surface area contributed by atoms with E-state index in [1.807, 2.05) is 6.07 Å². The number of nitrogens with two attached hydrogens (primary N) is 1. The Balaban J connectivity index is 2.05. The molecule has 0 saturated carbocycles. The summed E-state index contributed by atoms with van der Waals surface area (Å²) in [6, 6.07) is 4.74. The van der Waals surface area contributed by atoms with Crippen molar-refractivity contribution in [1.82, 2.24) is 9.80 Å². The van der Waals surface area contributed by atoms with Crippen LogP contribution in [0.5, 0.6) is 0 Å². The summed E-state index contributed by atoms with van der Waals surface area (Å²) in [4.78, 5) is 6.35. The van der Waals surface area contributed by atoms with Crippen LogP contribution in [0, 0.1) is 0 Å². The fraction of sp³-hybridized carbons (Fsp3) is 0.750. The van der Waals surface area contributed by atoms with Crippen LogP contribution < -0.4 is 5.73 Å². The molecule has 1 aliphatic rings. The number of nitrogens with zero attached hydrogens (tertiary/aromatic N) is 2. The van der Waals surface area contributed by atoms with E-state index in [1.165, 1.54) is 24.3 Å². The summed E-state index contributed by atoms with van der Waals surface area (Å²) in [7, 11) is 2.21. The fourth-order valence-electron chi connectivity index (χ4n) is 3.30. The Kier molecular flexibility index (Phi) is 6.09. The second kappa shape index (κ2) is 7.42. The van der Waals surface area contributed by atoms with Gasteiger partial charge >= 0.3 is 0 Å². The van der Waals surface area contributed by atoms with Crippen LogP contribution in [0.3, 0.4) is 0 Å². The molecule has 0 amide bonds. The van der Waals surface area contributed by atoms with Gasteiger partial charge in [-0.05, 0) is 58.8 Å². The minimum Gasteiger partial charge on any atom is -0.329 e. The van der Waals surface area contributed by atoms with Crippen molar-refractivity contribution in [3.05, 3.63) is 21.3 Å². The molecule has 3 nitrogen and oxygen atoms in total. The standard InChI is InChI=1S/C16H28ClN3S/c1-13(2)20-9-4-7-16(12-18,8-10-20)19(3)11-14-5-6-15(17)21-14/h5-6,13H,4,7-12,18H2,1-3H3. The predicted molar refractivity (Wildman–Crippen MR) is 93.1 cm³/mol. The highest BCUT2D eigenvalue weighted by molar-refractivity contribution is 7.16. The maximum atomic E-state index is 6.21. The molecule has 0 spiro atoms. The summed E-state index contributed by atoms with van der Waals surface area (Å²) in [5, 5.41) is 0. The number of likely N-dealkylation sites (N-methyl/N-ethyl adjacent to an activating group) is 1. The molecule has 0 bridgehead atoms. The van der Waals surface area contributed by atoms with Crippen molar-refractivity contribution >= 4 is 22.9 Å².